The molecule has 1 fully saturated rings. The van der Waals surface area contributed by atoms with Crippen LogP contribution in [0.15, 0.2) is 65.3 Å². The van der Waals surface area contributed by atoms with Crippen molar-refractivity contribution < 1.29 is 29.0 Å². The lowest BCUT2D eigenvalue weighted by Crippen LogP contribution is -2.59. The van der Waals surface area contributed by atoms with Gasteiger partial charge in [0.25, 0.3) is 11.8 Å². The number of aliphatic hydroxyl groups is 1. The molecular weight excluding hydrogens is 554 g/mol. The van der Waals surface area contributed by atoms with Gasteiger partial charge in [-0.25, -0.2) is 0 Å². The number of nitrogens with zero attached hydrogens (tertiary/aromatic N) is 1. The molecule has 1 aliphatic carbocycles. The van der Waals surface area contributed by atoms with Gasteiger partial charge in [-0.15, -0.1) is 11.8 Å². The zero-order chi connectivity index (χ0) is 30.0. The molecule has 222 valence electrons. The van der Waals surface area contributed by atoms with E-state index in [0.29, 0.717) is 5.56 Å². The van der Waals surface area contributed by atoms with Crippen molar-refractivity contribution in [2.24, 2.45) is 0 Å². The number of rotatable bonds is 8. The summed E-state index contributed by atoms with van der Waals surface area (Å²) in [6, 6.07) is 13.8. The largest absolute Gasteiger partial charge is 0.508 e. The molecule has 0 radical (unpaired) electrons. The fraction of sp³-hybridized carbons (Fsp3) is 0.406. The molecule has 4 atom stereocenters. The van der Waals surface area contributed by atoms with E-state index in [1.165, 1.54) is 22.7 Å². The quantitative estimate of drug-likeness (QED) is 0.313. The fourth-order valence-electron chi connectivity index (χ4n) is 5.87. The molecule has 10 heteroatoms. The van der Waals surface area contributed by atoms with Crippen LogP contribution in [-0.4, -0.2) is 61.6 Å². The lowest BCUT2D eigenvalue weighted by atomic mass is 9.92. The fourth-order valence-corrected chi connectivity index (χ4v) is 7.01. The van der Waals surface area contributed by atoms with Crippen LogP contribution >= 0.6 is 11.8 Å². The number of furan rings is 1. The minimum atomic E-state index is -1.62. The smallest absolute Gasteiger partial charge is 0.254 e. The number of nitrogens with one attached hydrogen (secondary N) is 2. The van der Waals surface area contributed by atoms with E-state index in [1.807, 2.05) is 50.2 Å². The third kappa shape index (κ3) is 6.05. The Kier molecular flexibility index (Phi) is 8.65. The second-order valence-electron chi connectivity index (χ2n) is 11.5. The van der Waals surface area contributed by atoms with Crippen LogP contribution in [0, 0.1) is 6.92 Å². The molecule has 2 aromatic carbocycles. The summed E-state index contributed by atoms with van der Waals surface area (Å²) in [4.78, 5) is 42.4. The molecule has 1 aromatic heterocycles. The van der Waals surface area contributed by atoms with Crippen LogP contribution in [0.2, 0.25) is 0 Å². The average molecular weight is 592 g/mol. The number of hydrogen-bond donors (Lipinski definition) is 4. The highest BCUT2D eigenvalue weighted by atomic mass is 32.2. The van der Waals surface area contributed by atoms with Crippen molar-refractivity contribution in [1.29, 1.82) is 0 Å². The van der Waals surface area contributed by atoms with Crippen LogP contribution in [0.4, 0.5) is 0 Å². The van der Waals surface area contributed by atoms with E-state index in [4.69, 9.17) is 4.42 Å². The number of amides is 3. The predicted octanol–water partition coefficient (Wildman–Crippen LogP) is 3.87. The van der Waals surface area contributed by atoms with E-state index in [2.05, 4.69) is 10.6 Å². The Morgan fingerprint density at radius 2 is 1.88 bits per heavy atom. The molecule has 3 amide bonds. The zero-order valence-electron chi connectivity index (χ0n) is 24.0. The molecule has 2 heterocycles. The second-order valence-corrected chi connectivity index (χ2v) is 13.1. The zero-order valence-corrected chi connectivity index (χ0v) is 24.8. The second kappa shape index (κ2) is 12.2. The summed E-state index contributed by atoms with van der Waals surface area (Å²) in [5.74, 6) is -0.366. The first kappa shape index (κ1) is 29.7. The first-order valence-corrected chi connectivity index (χ1v) is 15.2. The van der Waals surface area contributed by atoms with Crippen molar-refractivity contribution in [2.45, 2.75) is 75.4 Å². The maximum atomic E-state index is 13.9. The van der Waals surface area contributed by atoms with Crippen molar-refractivity contribution >= 4 is 29.5 Å². The Bertz CT molecular complexity index is 1460. The number of fused-ring (bicyclic) bond motifs is 1. The first-order valence-electron chi connectivity index (χ1n) is 14.2. The van der Waals surface area contributed by atoms with Crippen LogP contribution in [-0.2, 0) is 22.4 Å². The highest BCUT2D eigenvalue weighted by Crippen LogP contribution is 2.41. The SMILES string of the molecule is Cc1c(O)cccc1C(=O)NC(Cc1ccccc1)C(O)C(=O)N1CSC(C)(C)C1C(=O)NC1CCCc2occc21. The minimum absolute atomic E-state index is 0.0235. The van der Waals surface area contributed by atoms with Gasteiger partial charge in [0.15, 0.2) is 6.10 Å². The van der Waals surface area contributed by atoms with Gasteiger partial charge in [-0.1, -0.05) is 36.4 Å². The van der Waals surface area contributed by atoms with Gasteiger partial charge in [0, 0.05) is 27.9 Å². The van der Waals surface area contributed by atoms with Gasteiger partial charge < -0.3 is 30.2 Å². The standard InChI is InChI=1S/C32H37N3O6S/c1-19-21(11-7-13-25(19)36)29(38)34-24(17-20-9-5-4-6-10-20)27(37)31(40)35-18-42-32(2,3)28(35)30(39)33-23-12-8-14-26-22(23)15-16-41-26/h4-7,9-11,13,15-16,23-24,27-28,36-37H,8,12,14,17-18H2,1-3H3,(H,33,39)(H,34,38). The summed E-state index contributed by atoms with van der Waals surface area (Å²) in [6.07, 6.45) is 2.68. The number of thioether (sulfide) groups is 1. The molecule has 3 aromatic rings. The number of aromatic hydroxyl groups is 1. The lowest BCUT2D eigenvalue weighted by Gasteiger charge is -2.34. The van der Waals surface area contributed by atoms with Crippen LogP contribution in [0.5, 0.6) is 5.75 Å². The van der Waals surface area contributed by atoms with Gasteiger partial charge in [-0.05, 0) is 63.8 Å². The molecule has 5 rings (SSSR count). The summed E-state index contributed by atoms with van der Waals surface area (Å²) in [7, 11) is 0. The number of carbonyl (C=O) groups excluding carboxylic acids is 3. The number of benzene rings is 2. The van der Waals surface area contributed by atoms with Crippen LogP contribution in [0.1, 0.15) is 65.5 Å². The third-order valence-electron chi connectivity index (χ3n) is 8.24. The summed E-state index contributed by atoms with van der Waals surface area (Å²) < 4.78 is 4.97. The molecule has 4 N–H and O–H groups in total. The number of phenolic OH excluding ortho intramolecular Hbond substituents is 1. The summed E-state index contributed by atoms with van der Waals surface area (Å²) in [5, 5.41) is 27.6. The molecule has 4 unspecified atom stereocenters. The molecular formula is C32H37N3O6S. The molecule has 2 aliphatic rings. The summed E-state index contributed by atoms with van der Waals surface area (Å²) >= 11 is 1.47. The number of carbonyl (C=O) groups is 3. The van der Waals surface area contributed by atoms with E-state index >= 15 is 0 Å². The van der Waals surface area contributed by atoms with E-state index in [9.17, 15) is 24.6 Å². The number of phenols is 1. The van der Waals surface area contributed by atoms with Crippen LogP contribution in [0.25, 0.3) is 0 Å². The van der Waals surface area contributed by atoms with Gasteiger partial charge in [0.1, 0.15) is 17.6 Å². The van der Waals surface area contributed by atoms with E-state index in [1.54, 1.807) is 25.3 Å². The lowest BCUT2D eigenvalue weighted by molar-refractivity contribution is -0.147. The molecule has 42 heavy (non-hydrogen) atoms. The molecule has 0 spiro atoms. The van der Waals surface area contributed by atoms with Crippen molar-refractivity contribution in [1.82, 2.24) is 15.5 Å². The molecule has 0 saturated carbocycles. The Morgan fingerprint density at radius 1 is 1.12 bits per heavy atom. The Labute approximate surface area is 249 Å². The minimum Gasteiger partial charge on any atom is -0.508 e. The van der Waals surface area contributed by atoms with E-state index < -0.39 is 34.7 Å². The normalized spacial score (nSPS) is 20.8. The Balaban J connectivity index is 1.38. The highest BCUT2D eigenvalue weighted by molar-refractivity contribution is 8.00. The Hall–Kier alpha value is -3.76. The van der Waals surface area contributed by atoms with Crippen molar-refractivity contribution in [3.8, 4) is 5.75 Å². The Morgan fingerprint density at radius 3 is 2.64 bits per heavy atom. The predicted molar refractivity (Wildman–Crippen MR) is 160 cm³/mol. The number of hydrogen-bond acceptors (Lipinski definition) is 7. The van der Waals surface area contributed by atoms with Gasteiger partial charge in [0.05, 0.1) is 24.2 Å². The van der Waals surface area contributed by atoms with Gasteiger partial charge in [0.2, 0.25) is 5.91 Å². The van der Waals surface area contributed by atoms with Crippen molar-refractivity contribution in [3.05, 3.63) is 88.9 Å². The number of aliphatic hydroxyl groups excluding tert-OH is 1. The maximum Gasteiger partial charge on any atom is 0.254 e. The van der Waals surface area contributed by atoms with Gasteiger partial charge in [-0.3, -0.25) is 14.4 Å². The van der Waals surface area contributed by atoms with E-state index in [-0.39, 0.29) is 35.6 Å². The maximum absolute atomic E-state index is 13.9. The van der Waals surface area contributed by atoms with Crippen molar-refractivity contribution in [3.63, 3.8) is 0 Å². The monoisotopic (exact) mass is 591 g/mol. The number of aryl methyl sites for hydroxylation is 1. The third-order valence-corrected chi connectivity index (χ3v) is 9.62. The first-order chi connectivity index (χ1) is 20.1. The molecule has 9 nitrogen and oxygen atoms in total. The summed E-state index contributed by atoms with van der Waals surface area (Å²) in [5.41, 5.74) is 2.42. The molecule has 1 saturated heterocycles. The van der Waals surface area contributed by atoms with Crippen LogP contribution < -0.4 is 10.6 Å². The van der Waals surface area contributed by atoms with Crippen LogP contribution in [0.3, 0.4) is 0 Å². The van der Waals surface area contributed by atoms with Gasteiger partial charge in [-0.2, -0.15) is 0 Å². The molecule has 1 aliphatic heterocycles. The average Bonchev–Trinajstić information content (AvgIpc) is 3.58. The van der Waals surface area contributed by atoms with E-state index in [0.717, 1.165) is 36.1 Å². The topological polar surface area (TPSA) is 132 Å². The van der Waals surface area contributed by atoms with Crippen molar-refractivity contribution in [2.75, 3.05) is 5.88 Å². The summed E-state index contributed by atoms with van der Waals surface area (Å²) in [6.45, 7) is 5.46. The van der Waals surface area contributed by atoms with Gasteiger partial charge >= 0.3 is 0 Å². The highest BCUT2D eigenvalue weighted by Gasteiger charge is 2.50. The molecule has 0 bridgehead atoms.